The molecule has 2 aromatic carbocycles. The molecule has 0 radical (unpaired) electrons. The minimum atomic E-state index is 0.0673. The monoisotopic (exact) mass is 302 g/mol. The first-order valence-corrected chi connectivity index (χ1v) is 7.65. The van der Waals surface area contributed by atoms with Crippen LogP contribution in [0.15, 0.2) is 48.5 Å². The van der Waals surface area contributed by atoms with E-state index < -0.39 is 0 Å². The molecule has 1 heterocycles. The normalized spacial score (nSPS) is 10.7. The van der Waals surface area contributed by atoms with Crippen LogP contribution in [-0.4, -0.2) is 11.1 Å². The van der Waals surface area contributed by atoms with E-state index in [9.17, 15) is 5.26 Å². The van der Waals surface area contributed by atoms with E-state index >= 15 is 0 Å². The first-order chi connectivity index (χ1) is 11.0. The number of ether oxygens (including phenoxy) is 1. The Hall–Kier alpha value is -2.86. The number of hydrogen-bond donors (Lipinski definition) is 0. The van der Waals surface area contributed by atoms with E-state index in [0.717, 1.165) is 27.7 Å². The largest absolute Gasteiger partial charge is 0.491 e. The number of nitriles is 1. The first-order valence-electron chi connectivity index (χ1n) is 7.65. The van der Waals surface area contributed by atoms with Crippen molar-refractivity contribution < 1.29 is 4.74 Å². The number of hydrogen-bond acceptors (Lipinski definition) is 3. The molecule has 0 saturated carbocycles. The van der Waals surface area contributed by atoms with Gasteiger partial charge in [-0.2, -0.15) is 5.26 Å². The number of benzene rings is 2. The van der Waals surface area contributed by atoms with Gasteiger partial charge >= 0.3 is 0 Å². The minimum absolute atomic E-state index is 0.0673. The molecule has 0 saturated heterocycles. The smallest absolute Gasteiger partial charge is 0.121 e. The van der Waals surface area contributed by atoms with Gasteiger partial charge in [0, 0.05) is 11.1 Å². The highest BCUT2D eigenvalue weighted by Crippen LogP contribution is 2.28. The number of fused-ring (bicyclic) bond motifs is 1. The Balaban J connectivity index is 2.11. The summed E-state index contributed by atoms with van der Waals surface area (Å²) in [6, 6.07) is 18.1. The second-order valence-corrected chi connectivity index (χ2v) is 5.88. The molecule has 0 atom stereocenters. The van der Waals surface area contributed by atoms with E-state index in [4.69, 9.17) is 4.74 Å². The predicted molar refractivity (Wildman–Crippen MR) is 92.4 cm³/mol. The third kappa shape index (κ3) is 3.32. The summed E-state index contributed by atoms with van der Waals surface area (Å²) in [5.74, 6) is 0.714. The van der Waals surface area contributed by atoms with Crippen molar-refractivity contribution in [3.8, 4) is 22.9 Å². The van der Waals surface area contributed by atoms with Crippen LogP contribution < -0.4 is 4.74 Å². The average molecular weight is 302 g/mol. The SMILES string of the molecule is Cc1ccc2ccc(-c3cc(C#N)cc(OC(C)C)c3)cc2n1. The maximum atomic E-state index is 9.26. The molecular weight excluding hydrogens is 284 g/mol. The number of aryl methyl sites for hydroxylation is 1. The topological polar surface area (TPSA) is 45.9 Å². The van der Waals surface area contributed by atoms with Gasteiger partial charge in [0.05, 0.1) is 23.3 Å². The molecule has 0 bridgehead atoms. The van der Waals surface area contributed by atoms with Crippen molar-refractivity contribution in [3.63, 3.8) is 0 Å². The Morgan fingerprint density at radius 2 is 1.78 bits per heavy atom. The fourth-order valence-corrected chi connectivity index (χ4v) is 2.57. The summed E-state index contributed by atoms with van der Waals surface area (Å²) in [6.45, 7) is 5.93. The maximum absolute atomic E-state index is 9.26. The summed E-state index contributed by atoms with van der Waals surface area (Å²) in [6.07, 6.45) is 0.0673. The summed E-state index contributed by atoms with van der Waals surface area (Å²) in [7, 11) is 0. The third-order valence-corrected chi connectivity index (χ3v) is 3.57. The minimum Gasteiger partial charge on any atom is -0.491 e. The fraction of sp³-hybridized carbons (Fsp3) is 0.200. The van der Waals surface area contributed by atoms with Crippen LogP contribution in [0.4, 0.5) is 0 Å². The van der Waals surface area contributed by atoms with E-state index in [1.807, 2.05) is 39.0 Å². The summed E-state index contributed by atoms with van der Waals surface area (Å²) in [5, 5.41) is 10.4. The number of rotatable bonds is 3. The van der Waals surface area contributed by atoms with Gasteiger partial charge in [-0.3, -0.25) is 4.98 Å². The Morgan fingerprint density at radius 1 is 1.00 bits per heavy atom. The molecule has 0 amide bonds. The highest BCUT2D eigenvalue weighted by molar-refractivity contribution is 5.84. The average Bonchev–Trinajstić information content (AvgIpc) is 2.53. The lowest BCUT2D eigenvalue weighted by molar-refractivity contribution is 0.242. The van der Waals surface area contributed by atoms with E-state index in [0.29, 0.717) is 11.3 Å². The van der Waals surface area contributed by atoms with Crippen LogP contribution in [0.25, 0.3) is 22.0 Å². The Kier molecular flexibility index (Phi) is 3.99. The molecule has 3 rings (SSSR count). The first kappa shape index (κ1) is 15.1. The molecule has 0 aliphatic heterocycles. The molecule has 1 aromatic heterocycles. The summed E-state index contributed by atoms with van der Waals surface area (Å²) < 4.78 is 5.76. The van der Waals surface area contributed by atoms with Crippen molar-refractivity contribution in [1.82, 2.24) is 4.98 Å². The molecule has 0 aliphatic rings. The van der Waals surface area contributed by atoms with Crippen molar-refractivity contribution in [1.29, 1.82) is 5.26 Å². The second kappa shape index (κ2) is 6.10. The summed E-state index contributed by atoms with van der Waals surface area (Å²) >= 11 is 0. The molecule has 0 aliphatic carbocycles. The number of aromatic nitrogens is 1. The van der Waals surface area contributed by atoms with Crippen molar-refractivity contribution in [2.75, 3.05) is 0 Å². The highest BCUT2D eigenvalue weighted by Gasteiger charge is 2.07. The van der Waals surface area contributed by atoms with Gasteiger partial charge in [0.2, 0.25) is 0 Å². The van der Waals surface area contributed by atoms with Crippen LogP contribution in [0.5, 0.6) is 5.75 Å². The number of pyridine rings is 1. The van der Waals surface area contributed by atoms with Crippen molar-refractivity contribution in [2.45, 2.75) is 26.9 Å². The van der Waals surface area contributed by atoms with Gasteiger partial charge in [-0.25, -0.2) is 0 Å². The molecule has 0 spiro atoms. The van der Waals surface area contributed by atoms with E-state index in [2.05, 4.69) is 35.3 Å². The maximum Gasteiger partial charge on any atom is 0.121 e. The second-order valence-electron chi connectivity index (χ2n) is 5.88. The fourth-order valence-electron chi connectivity index (χ4n) is 2.57. The Bertz CT molecular complexity index is 907. The lowest BCUT2D eigenvalue weighted by Crippen LogP contribution is -2.05. The molecular formula is C20H18N2O. The zero-order chi connectivity index (χ0) is 16.4. The standard InChI is InChI=1S/C20H18N2O/c1-13(2)23-19-9-15(12-21)8-18(10-19)17-7-6-16-5-4-14(3)22-20(16)11-17/h4-11,13H,1-3H3. The van der Waals surface area contributed by atoms with Crippen LogP contribution in [0.1, 0.15) is 25.1 Å². The van der Waals surface area contributed by atoms with Crippen LogP contribution in [-0.2, 0) is 0 Å². The van der Waals surface area contributed by atoms with E-state index in [1.54, 1.807) is 6.07 Å². The third-order valence-electron chi connectivity index (χ3n) is 3.57. The molecule has 0 unspecified atom stereocenters. The highest BCUT2D eigenvalue weighted by atomic mass is 16.5. The van der Waals surface area contributed by atoms with Crippen LogP contribution in [0.3, 0.4) is 0 Å². The predicted octanol–water partition coefficient (Wildman–Crippen LogP) is 4.87. The summed E-state index contributed by atoms with van der Waals surface area (Å²) in [5.41, 5.74) is 4.53. The zero-order valence-electron chi connectivity index (χ0n) is 13.5. The lowest BCUT2D eigenvalue weighted by atomic mass is 10.0. The van der Waals surface area contributed by atoms with Crippen LogP contribution >= 0.6 is 0 Å². The Labute approximate surface area is 136 Å². The molecule has 0 fully saturated rings. The van der Waals surface area contributed by atoms with Gasteiger partial charge in [-0.05, 0) is 62.2 Å². The van der Waals surface area contributed by atoms with Gasteiger partial charge in [0.25, 0.3) is 0 Å². The molecule has 3 nitrogen and oxygen atoms in total. The van der Waals surface area contributed by atoms with Gasteiger partial charge in [-0.15, -0.1) is 0 Å². The molecule has 3 aromatic rings. The van der Waals surface area contributed by atoms with Crippen molar-refractivity contribution >= 4 is 10.9 Å². The van der Waals surface area contributed by atoms with Crippen molar-refractivity contribution in [2.24, 2.45) is 0 Å². The number of nitrogens with zero attached hydrogens (tertiary/aromatic N) is 2. The Morgan fingerprint density at radius 3 is 2.52 bits per heavy atom. The molecule has 114 valence electrons. The molecule has 23 heavy (non-hydrogen) atoms. The zero-order valence-corrected chi connectivity index (χ0v) is 13.5. The van der Waals surface area contributed by atoms with Gasteiger partial charge in [-0.1, -0.05) is 18.2 Å². The van der Waals surface area contributed by atoms with E-state index in [-0.39, 0.29) is 6.10 Å². The van der Waals surface area contributed by atoms with E-state index in [1.165, 1.54) is 0 Å². The van der Waals surface area contributed by atoms with Crippen LogP contribution in [0, 0.1) is 18.3 Å². The summed E-state index contributed by atoms with van der Waals surface area (Å²) in [4.78, 5) is 4.58. The quantitative estimate of drug-likeness (QED) is 0.693. The molecule has 0 N–H and O–H groups in total. The van der Waals surface area contributed by atoms with Crippen LogP contribution in [0.2, 0.25) is 0 Å². The van der Waals surface area contributed by atoms with Crippen molar-refractivity contribution in [3.05, 3.63) is 59.8 Å². The molecule has 3 heteroatoms. The van der Waals surface area contributed by atoms with Gasteiger partial charge in [0.15, 0.2) is 0 Å². The van der Waals surface area contributed by atoms with Gasteiger partial charge in [0.1, 0.15) is 5.75 Å². The van der Waals surface area contributed by atoms with Gasteiger partial charge < -0.3 is 4.74 Å². The lowest BCUT2D eigenvalue weighted by Gasteiger charge is -2.12.